The van der Waals surface area contributed by atoms with Crippen molar-refractivity contribution in [2.75, 3.05) is 24.7 Å². The van der Waals surface area contributed by atoms with Crippen molar-refractivity contribution in [2.45, 2.75) is 33.2 Å². The van der Waals surface area contributed by atoms with E-state index in [9.17, 15) is 18.0 Å². The number of nitrogens with zero attached hydrogens (tertiary/aromatic N) is 2. The summed E-state index contributed by atoms with van der Waals surface area (Å²) in [6.07, 6.45) is 0.419. The Balaban J connectivity index is 1.73. The molecule has 0 bridgehead atoms. The first-order valence-electron chi connectivity index (χ1n) is 9.26. The van der Waals surface area contributed by atoms with Crippen molar-refractivity contribution in [1.29, 1.82) is 0 Å². The number of sulfone groups is 1. The summed E-state index contributed by atoms with van der Waals surface area (Å²) in [6, 6.07) is 7.17. The van der Waals surface area contributed by atoms with E-state index in [1.165, 1.54) is 4.90 Å². The number of benzene rings is 1. The Morgan fingerprint density at radius 2 is 1.96 bits per heavy atom. The Kier molecular flexibility index (Phi) is 5.69. The molecule has 0 N–H and O–H groups in total. The molecular weight excluding hydrogens is 380 g/mol. The molecule has 7 nitrogen and oxygen atoms in total. The monoisotopic (exact) mass is 404 g/mol. The lowest BCUT2D eigenvalue weighted by molar-refractivity contribution is -0.136. The van der Waals surface area contributed by atoms with Gasteiger partial charge >= 0.3 is 5.97 Å². The standard InChI is InChI=1S/C20H24N2O5S/c1-4-22(15-9-10-28(25,26)12-15)18(23)11-27-20(24)19-13(2)16-7-5-6-8-17(16)21-14(19)3/h5-8,15H,4,9-12H2,1-3H3/t15-/m0/s1. The van der Waals surface area contributed by atoms with Crippen LogP contribution >= 0.6 is 0 Å². The van der Waals surface area contributed by atoms with E-state index in [0.29, 0.717) is 24.2 Å². The van der Waals surface area contributed by atoms with E-state index in [1.54, 1.807) is 13.8 Å². The van der Waals surface area contributed by atoms with Crippen LogP contribution in [-0.2, 0) is 19.4 Å². The van der Waals surface area contributed by atoms with E-state index in [-0.39, 0.29) is 23.5 Å². The van der Waals surface area contributed by atoms with Gasteiger partial charge in [0.15, 0.2) is 16.4 Å². The molecule has 150 valence electrons. The maximum atomic E-state index is 12.6. The van der Waals surface area contributed by atoms with Gasteiger partial charge in [0, 0.05) is 18.0 Å². The first kappa shape index (κ1) is 20.3. The van der Waals surface area contributed by atoms with Crippen molar-refractivity contribution < 1.29 is 22.7 Å². The van der Waals surface area contributed by atoms with Crippen LogP contribution in [0.25, 0.3) is 10.9 Å². The Morgan fingerprint density at radius 1 is 1.25 bits per heavy atom. The molecule has 0 saturated carbocycles. The summed E-state index contributed by atoms with van der Waals surface area (Å²) in [7, 11) is -3.10. The fourth-order valence-electron chi connectivity index (χ4n) is 3.77. The molecule has 1 aliphatic heterocycles. The van der Waals surface area contributed by atoms with Gasteiger partial charge in [-0.3, -0.25) is 9.78 Å². The SMILES string of the molecule is CCN(C(=O)COC(=O)c1c(C)nc2ccccc2c1C)[C@H]1CCS(=O)(=O)C1. The van der Waals surface area contributed by atoms with Gasteiger partial charge in [0.05, 0.1) is 28.3 Å². The molecule has 1 aliphatic rings. The molecule has 2 aromatic rings. The molecule has 1 saturated heterocycles. The van der Waals surface area contributed by atoms with Crippen LogP contribution in [0, 0.1) is 13.8 Å². The molecule has 1 aromatic carbocycles. The largest absolute Gasteiger partial charge is 0.452 e. The number of aromatic nitrogens is 1. The van der Waals surface area contributed by atoms with Crippen LogP contribution in [0.15, 0.2) is 24.3 Å². The summed E-state index contributed by atoms with van der Waals surface area (Å²) < 4.78 is 28.6. The summed E-state index contributed by atoms with van der Waals surface area (Å²) in [6.45, 7) is 5.30. The van der Waals surface area contributed by atoms with E-state index in [0.717, 1.165) is 16.5 Å². The Morgan fingerprint density at radius 3 is 2.61 bits per heavy atom. The maximum Gasteiger partial charge on any atom is 0.340 e. The van der Waals surface area contributed by atoms with Crippen LogP contribution in [0.3, 0.4) is 0 Å². The molecule has 0 aliphatic carbocycles. The smallest absolute Gasteiger partial charge is 0.340 e. The molecule has 8 heteroatoms. The van der Waals surface area contributed by atoms with Gasteiger partial charge < -0.3 is 9.64 Å². The number of para-hydroxylation sites is 1. The first-order chi connectivity index (χ1) is 13.2. The Labute approximate surface area is 164 Å². The molecule has 1 fully saturated rings. The number of hydrogen-bond acceptors (Lipinski definition) is 6. The number of likely N-dealkylation sites (N-methyl/N-ethyl adjacent to an activating group) is 1. The van der Waals surface area contributed by atoms with E-state index in [4.69, 9.17) is 4.74 Å². The van der Waals surface area contributed by atoms with Crippen LogP contribution in [0.5, 0.6) is 0 Å². The topological polar surface area (TPSA) is 93.6 Å². The molecular formula is C20H24N2O5S. The number of amides is 1. The number of carbonyl (C=O) groups excluding carboxylic acids is 2. The molecule has 2 heterocycles. The average Bonchev–Trinajstić information content (AvgIpc) is 3.00. The van der Waals surface area contributed by atoms with Crippen molar-refractivity contribution in [3.8, 4) is 0 Å². The quantitative estimate of drug-likeness (QED) is 0.708. The molecule has 0 radical (unpaired) electrons. The molecule has 1 atom stereocenters. The summed E-state index contributed by atoms with van der Waals surface area (Å²) in [5, 5.41) is 0.859. The number of pyridine rings is 1. The van der Waals surface area contributed by atoms with Gasteiger partial charge in [0.25, 0.3) is 5.91 Å². The predicted molar refractivity (Wildman–Crippen MR) is 106 cm³/mol. The Hall–Kier alpha value is -2.48. The maximum absolute atomic E-state index is 12.6. The summed E-state index contributed by atoms with van der Waals surface area (Å²) in [5.41, 5.74) is 2.46. The van der Waals surface area contributed by atoms with Crippen molar-refractivity contribution in [2.24, 2.45) is 0 Å². The number of aryl methyl sites for hydroxylation is 2. The second-order valence-corrected chi connectivity index (χ2v) is 9.26. The van der Waals surface area contributed by atoms with Crippen LogP contribution in [-0.4, -0.2) is 60.9 Å². The predicted octanol–water partition coefficient (Wildman–Crippen LogP) is 2.04. The third kappa shape index (κ3) is 4.01. The minimum Gasteiger partial charge on any atom is -0.452 e. The normalized spacial score (nSPS) is 18.2. The van der Waals surface area contributed by atoms with Crippen LogP contribution in [0.2, 0.25) is 0 Å². The van der Waals surface area contributed by atoms with E-state index in [1.807, 2.05) is 31.2 Å². The highest BCUT2D eigenvalue weighted by molar-refractivity contribution is 7.91. The van der Waals surface area contributed by atoms with Gasteiger partial charge in [-0.15, -0.1) is 0 Å². The van der Waals surface area contributed by atoms with Crippen molar-refractivity contribution in [3.05, 3.63) is 41.1 Å². The zero-order valence-corrected chi connectivity index (χ0v) is 17.1. The summed E-state index contributed by atoms with van der Waals surface area (Å²) in [5.74, 6) is -0.936. The third-order valence-electron chi connectivity index (χ3n) is 5.17. The van der Waals surface area contributed by atoms with E-state index in [2.05, 4.69) is 4.98 Å². The Bertz CT molecular complexity index is 1030. The fraction of sp³-hybridized carbons (Fsp3) is 0.450. The van der Waals surface area contributed by atoms with Gasteiger partial charge in [-0.25, -0.2) is 13.2 Å². The minimum atomic E-state index is -3.10. The third-order valence-corrected chi connectivity index (χ3v) is 6.92. The van der Waals surface area contributed by atoms with Crippen LogP contribution < -0.4 is 0 Å². The van der Waals surface area contributed by atoms with Crippen molar-refractivity contribution in [3.63, 3.8) is 0 Å². The number of carbonyl (C=O) groups is 2. The van der Waals surface area contributed by atoms with Crippen LogP contribution in [0.4, 0.5) is 0 Å². The molecule has 1 aromatic heterocycles. The molecule has 28 heavy (non-hydrogen) atoms. The number of hydrogen-bond donors (Lipinski definition) is 0. The molecule has 0 spiro atoms. The lowest BCUT2D eigenvalue weighted by Gasteiger charge is -2.26. The summed E-state index contributed by atoms with van der Waals surface area (Å²) >= 11 is 0. The number of rotatable bonds is 5. The van der Waals surface area contributed by atoms with E-state index < -0.39 is 22.4 Å². The zero-order chi connectivity index (χ0) is 20.5. The average molecular weight is 404 g/mol. The summed E-state index contributed by atoms with van der Waals surface area (Å²) in [4.78, 5) is 31.1. The van der Waals surface area contributed by atoms with Gasteiger partial charge in [-0.1, -0.05) is 18.2 Å². The lowest BCUT2D eigenvalue weighted by atomic mass is 10.0. The number of ether oxygens (including phenoxy) is 1. The fourth-order valence-corrected chi connectivity index (χ4v) is 5.50. The lowest BCUT2D eigenvalue weighted by Crippen LogP contribution is -2.43. The molecule has 0 unspecified atom stereocenters. The van der Waals surface area contributed by atoms with Crippen molar-refractivity contribution >= 4 is 32.6 Å². The van der Waals surface area contributed by atoms with Crippen molar-refractivity contribution in [1.82, 2.24) is 9.88 Å². The van der Waals surface area contributed by atoms with E-state index >= 15 is 0 Å². The minimum absolute atomic E-state index is 0.0344. The number of esters is 1. The van der Waals surface area contributed by atoms with Crippen LogP contribution in [0.1, 0.15) is 35.0 Å². The van der Waals surface area contributed by atoms with Gasteiger partial charge in [0.1, 0.15) is 0 Å². The second kappa shape index (κ2) is 7.87. The first-order valence-corrected chi connectivity index (χ1v) is 11.1. The van der Waals surface area contributed by atoms with Gasteiger partial charge in [-0.2, -0.15) is 0 Å². The highest BCUT2D eigenvalue weighted by Crippen LogP contribution is 2.23. The highest BCUT2D eigenvalue weighted by Gasteiger charge is 2.34. The second-order valence-electron chi connectivity index (χ2n) is 7.03. The number of fused-ring (bicyclic) bond motifs is 1. The highest BCUT2D eigenvalue weighted by atomic mass is 32.2. The molecule has 1 amide bonds. The molecule has 3 rings (SSSR count). The zero-order valence-electron chi connectivity index (χ0n) is 16.3. The van der Waals surface area contributed by atoms with Gasteiger partial charge in [-0.05, 0) is 38.8 Å². The van der Waals surface area contributed by atoms with Gasteiger partial charge in [0.2, 0.25) is 0 Å².